The van der Waals surface area contributed by atoms with Crippen molar-refractivity contribution >= 4 is 17.4 Å². The number of rotatable bonds is 4. The number of methoxy groups -OCH3 is 1. The third kappa shape index (κ3) is 3.95. The number of aromatic nitrogens is 1. The summed E-state index contributed by atoms with van der Waals surface area (Å²) < 4.78 is 5.36. The Morgan fingerprint density at radius 2 is 2.26 bits per heavy atom. The van der Waals surface area contributed by atoms with Crippen LogP contribution in [0, 0.1) is 0 Å². The summed E-state index contributed by atoms with van der Waals surface area (Å²) in [6.07, 6.45) is 8.44. The molecule has 1 fully saturated rings. The van der Waals surface area contributed by atoms with E-state index in [1.165, 1.54) is 11.1 Å². The van der Waals surface area contributed by atoms with Gasteiger partial charge in [-0.15, -0.1) is 11.3 Å². The predicted molar refractivity (Wildman–Crippen MR) is 107 cm³/mol. The Hall–Kier alpha value is -2.08. The number of hydrogen-bond acceptors (Lipinski definition) is 4. The van der Waals surface area contributed by atoms with Crippen molar-refractivity contribution < 1.29 is 9.53 Å². The van der Waals surface area contributed by atoms with E-state index in [0.717, 1.165) is 55.8 Å². The maximum atomic E-state index is 12.9. The van der Waals surface area contributed by atoms with Crippen molar-refractivity contribution in [2.45, 2.75) is 50.5 Å². The minimum atomic E-state index is 0.0514. The van der Waals surface area contributed by atoms with Gasteiger partial charge < -0.3 is 15.0 Å². The molecule has 5 nitrogen and oxygen atoms in total. The lowest BCUT2D eigenvalue weighted by molar-refractivity contribution is 0.150. The van der Waals surface area contributed by atoms with E-state index < -0.39 is 0 Å². The van der Waals surface area contributed by atoms with Gasteiger partial charge >= 0.3 is 6.03 Å². The quantitative estimate of drug-likeness (QED) is 0.842. The molecule has 27 heavy (non-hydrogen) atoms. The number of carbonyl (C=O) groups is 1. The van der Waals surface area contributed by atoms with Crippen molar-refractivity contribution in [3.05, 3.63) is 45.9 Å². The fourth-order valence-corrected chi connectivity index (χ4v) is 5.16. The van der Waals surface area contributed by atoms with Crippen LogP contribution in [0.2, 0.25) is 0 Å². The number of amides is 2. The Kier molecular flexibility index (Phi) is 5.62. The molecule has 2 aromatic rings. The molecule has 0 spiro atoms. The van der Waals surface area contributed by atoms with Crippen molar-refractivity contribution in [3.63, 3.8) is 0 Å². The van der Waals surface area contributed by atoms with E-state index in [4.69, 9.17) is 4.74 Å². The van der Waals surface area contributed by atoms with E-state index in [1.807, 2.05) is 22.5 Å². The highest BCUT2D eigenvalue weighted by molar-refractivity contribution is 7.09. The van der Waals surface area contributed by atoms with Crippen LogP contribution in [-0.2, 0) is 6.42 Å². The highest BCUT2D eigenvalue weighted by Gasteiger charge is 2.30. The maximum Gasteiger partial charge on any atom is 0.318 e. The van der Waals surface area contributed by atoms with E-state index >= 15 is 0 Å². The molecule has 0 radical (unpaired) electrons. The summed E-state index contributed by atoms with van der Waals surface area (Å²) in [6.45, 7) is 1.51. The molecule has 1 aliphatic heterocycles. The fraction of sp³-hybridized carbons (Fsp3) is 0.524. The maximum absolute atomic E-state index is 12.9. The van der Waals surface area contributed by atoms with Gasteiger partial charge in [-0.05, 0) is 61.8 Å². The van der Waals surface area contributed by atoms with Crippen LogP contribution >= 0.6 is 11.3 Å². The fourth-order valence-electron chi connectivity index (χ4n) is 4.37. The Bertz CT molecular complexity index is 778. The Morgan fingerprint density at radius 1 is 1.33 bits per heavy atom. The lowest BCUT2D eigenvalue weighted by Gasteiger charge is -2.35. The number of benzene rings is 1. The lowest BCUT2D eigenvalue weighted by atomic mass is 9.82. The minimum Gasteiger partial charge on any atom is -0.497 e. The largest absolute Gasteiger partial charge is 0.497 e. The summed E-state index contributed by atoms with van der Waals surface area (Å²) in [4.78, 5) is 19.4. The van der Waals surface area contributed by atoms with Gasteiger partial charge in [-0.1, -0.05) is 6.07 Å². The molecule has 1 saturated heterocycles. The first-order chi connectivity index (χ1) is 13.3. The molecule has 2 amide bonds. The summed E-state index contributed by atoms with van der Waals surface area (Å²) in [5, 5.41) is 6.26. The van der Waals surface area contributed by atoms with E-state index in [-0.39, 0.29) is 12.1 Å². The summed E-state index contributed by atoms with van der Waals surface area (Å²) in [5.41, 5.74) is 2.72. The number of fused-ring (bicyclic) bond motifs is 1. The van der Waals surface area contributed by atoms with Crippen LogP contribution in [0.15, 0.2) is 29.8 Å². The topological polar surface area (TPSA) is 54.5 Å². The number of likely N-dealkylation sites (tertiary alicyclic amines) is 1. The van der Waals surface area contributed by atoms with Crippen LogP contribution < -0.4 is 10.1 Å². The van der Waals surface area contributed by atoms with Crippen molar-refractivity contribution in [1.82, 2.24) is 15.2 Å². The summed E-state index contributed by atoms with van der Waals surface area (Å²) in [6, 6.07) is 6.52. The van der Waals surface area contributed by atoms with Crippen molar-refractivity contribution in [1.29, 1.82) is 0 Å². The zero-order valence-electron chi connectivity index (χ0n) is 15.8. The first-order valence-corrected chi connectivity index (χ1v) is 10.7. The normalized spacial score (nSPS) is 22.2. The molecule has 1 aromatic heterocycles. The molecular weight excluding hydrogens is 358 g/mol. The molecule has 1 N–H and O–H groups in total. The van der Waals surface area contributed by atoms with Crippen LogP contribution in [0.5, 0.6) is 5.75 Å². The molecule has 1 aliphatic carbocycles. The minimum absolute atomic E-state index is 0.0514. The van der Waals surface area contributed by atoms with Gasteiger partial charge in [0.05, 0.1) is 13.2 Å². The number of nitrogens with one attached hydrogen (secondary N) is 1. The highest BCUT2D eigenvalue weighted by Crippen LogP contribution is 2.34. The molecule has 2 heterocycles. The second-order valence-electron chi connectivity index (χ2n) is 7.42. The molecular formula is C21H27N3O2S. The molecule has 0 unspecified atom stereocenters. The molecule has 2 aliphatic rings. The average Bonchev–Trinajstić information content (AvgIpc) is 3.26. The smallest absolute Gasteiger partial charge is 0.318 e. The number of hydrogen-bond donors (Lipinski definition) is 1. The van der Waals surface area contributed by atoms with Gasteiger partial charge in [0.2, 0.25) is 0 Å². The lowest BCUT2D eigenvalue weighted by Crippen LogP contribution is -2.45. The van der Waals surface area contributed by atoms with Gasteiger partial charge in [0, 0.05) is 30.6 Å². The second-order valence-corrected chi connectivity index (χ2v) is 8.34. The van der Waals surface area contributed by atoms with Gasteiger partial charge in [-0.2, -0.15) is 0 Å². The zero-order valence-corrected chi connectivity index (χ0v) is 16.6. The van der Waals surface area contributed by atoms with Gasteiger partial charge in [0.15, 0.2) is 0 Å². The van der Waals surface area contributed by atoms with E-state index in [2.05, 4.69) is 22.4 Å². The summed E-state index contributed by atoms with van der Waals surface area (Å²) in [7, 11) is 1.71. The Morgan fingerprint density at radius 3 is 3.07 bits per heavy atom. The number of nitrogens with zero attached hydrogens (tertiary/aromatic N) is 2. The predicted octanol–water partition coefficient (Wildman–Crippen LogP) is 4.51. The summed E-state index contributed by atoms with van der Waals surface area (Å²) in [5.74, 6) is 1.30. The SMILES string of the molecule is COc1ccc2c(c1)CCC[C@@H]2CNC(=O)N1CCCC[C@@H]1c1nccs1. The molecule has 0 saturated carbocycles. The molecule has 2 atom stereocenters. The molecule has 4 rings (SSSR count). The number of urea groups is 1. The van der Waals surface area contributed by atoms with Gasteiger partial charge in [0.25, 0.3) is 0 Å². The van der Waals surface area contributed by atoms with Crippen LogP contribution in [0.25, 0.3) is 0 Å². The number of thiazole rings is 1. The van der Waals surface area contributed by atoms with E-state index in [9.17, 15) is 4.79 Å². The number of ether oxygens (including phenoxy) is 1. The average molecular weight is 386 g/mol. The van der Waals surface area contributed by atoms with Crippen molar-refractivity contribution in [2.75, 3.05) is 20.2 Å². The molecule has 6 heteroatoms. The van der Waals surface area contributed by atoms with E-state index in [0.29, 0.717) is 12.5 Å². The van der Waals surface area contributed by atoms with Crippen molar-refractivity contribution in [3.8, 4) is 5.75 Å². The Balaban J connectivity index is 1.42. The van der Waals surface area contributed by atoms with Gasteiger partial charge in [-0.3, -0.25) is 0 Å². The number of aryl methyl sites for hydroxylation is 1. The Labute approximate surface area is 164 Å². The third-order valence-electron chi connectivity index (χ3n) is 5.79. The molecule has 144 valence electrons. The standard InChI is InChI=1S/C21H27N3O2S/c1-26-17-8-9-18-15(13-17)5-4-6-16(18)14-23-21(25)24-11-3-2-7-19(24)20-22-10-12-27-20/h8-10,12-13,16,19H,2-7,11,14H2,1H3,(H,23,25)/t16-,19-/m1/s1. The van der Waals surface area contributed by atoms with E-state index in [1.54, 1.807) is 18.4 Å². The van der Waals surface area contributed by atoms with Crippen LogP contribution in [0.3, 0.4) is 0 Å². The second kappa shape index (κ2) is 8.30. The third-order valence-corrected chi connectivity index (χ3v) is 6.67. The van der Waals surface area contributed by atoms with Crippen LogP contribution in [0.4, 0.5) is 4.79 Å². The summed E-state index contributed by atoms with van der Waals surface area (Å²) >= 11 is 1.65. The van der Waals surface area contributed by atoms with Crippen LogP contribution in [-0.4, -0.2) is 36.1 Å². The molecule has 1 aromatic carbocycles. The first-order valence-electron chi connectivity index (χ1n) is 9.87. The highest BCUT2D eigenvalue weighted by atomic mass is 32.1. The van der Waals surface area contributed by atoms with Gasteiger partial charge in [-0.25, -0.2) is 9.78 Å². The van der Waals surface area contributed by atoms with Crippen LogP contribution in [0.1, 0.15) is 60.2 Å². The van der Waals surface area contributed by atoms with Crippen molar-refractivity contribution in [2.24, 2.45) is 0 Å². The molecule has 0 bridgehead atoms. The monoisotopic (exact) mass is 385 g/mol. The number of piperidine rings is 1. The zero-order chi connectivity index (χ0) is 18.6. The van der Waals surface area contributed by atoms with Gasteiger partial charge in [0.1, 0.15) is 10.8 Å². The first kappa shape index (κ1) is 18.3. The number of carbonyl (C=O) groups excluding carboxylic acids is 1.